The van der Waals surface area contributed by atoms with Crippen LogP contribution in [-0.4, -0.2) is 17.7 Å². The van der Waals surface area contributed by atoms with Gasteiger partial charge in [-0.25, -0.2) is 4.79 Å². The summed E-state index contributed by atoms with van der Waals surface area (Å²) in [6.45, 7) is 3.82. The summed E-state index contributed by atoms with van der Waals surface area (Å²) in [4.78, 5) is 9.25. The van der Waals surface area contributed by atoms with Gasteiger partial charge in [0.1, 0.15) is 5.75 Å². The largest absolute Gasteiger partial charge is 0.493 e. The fourth-order valence-corrected chi connectivity index (χ4v) is 1.12. The highest BCUT2D eigenvalue weighted by molar-refractivity contribution is 5.78. The van der Waals surface area contributed by atoms with Crippen LogP contribution in [0.4, 0.5) is 0 Å². The summed E-state index contributed by atoms with van der Waals surface area (Å²) in [5.41, 5.74) is 1.34. The standard InChI is InChI=1S/C8H8O.C3H4O2/c1-2-4-8-7(3-1)5-6-9-8;1-2-3(4)5/h1-4H,5-6H2;2H,1H2,(H,4,5). The molecule has 0 radical (unpaired) electrons. The highest BCUT2D eigenvalue weighted by Crippen LogP contribution is 2.23. The van der Waals surface area contributed by atoms with E-state index in [1.807, 2.05) is 18.2 Å². The quantitative estimate of drug-likeness (QED) is 0.691. The molecule has 3 nitrogen and oxygen atoms in total. The number of benzene rings is 1. The second-order valence-electron chi connectivity index (χ2n) is 2.75. The van der Waals surface area contributed by atoms with Crippen LogP contribution in [0.5, 0.6) is 5.75 Å². The maximum atomic E-state index is 9.25. The van der Waals surface area contributed by atoms with Crippen LogP contribution in [0, 0.1) is 0 Å². The normalized spacial score (nSPS) is 11.7. The van der Waals surface area contributed by atoms with Crippen molar-refractivity contribution in [3.05, 3.63) is 42.5 Å². The lowest BCUT2D eigenvalue weighted by atomic mass is 10.2. The van der Waals surface area contributed by atoms with Crippen LogP contribution in [0.2, 0.25) is 0 Å². The molecule has 0 fully saturated rings. The van der Waals surface area contributed by atoms with Crippen LogP contribution in [0.1, 0.15) is 5.56 Å². The molecule has 0 unspecified atom stereocenters. The molecular formula is C11H12O3. The predicted octanol–water partition coefficient (Wildman–Crippen LogP) is 1.88. The Bertz CT molecular complexity index is 308. The predicted molar refractivity (Wildman–Crippen MR) is 53.5 cm³/mol. The number of ether oxygens (including phenoxy) is 1. The minimum absolute atomic E-state index is 0.833. The zero-order chi connectivity index (χ0) is 10.4. The van der Waals surface area contributed by atoms with Crippen molar-refractivity contribution in [3.63, 3.8) is 0 Å². The first-order valence-electron chi connectivity index (χ1n) is 4.30. The summed E-state index contributed by atoms with van der Waals surface area (Å²) in [5.74, 6) is 0.0856. The van der Waals surface area contributed by atoms with E-state index in [4.69, 9.17) is 9.84 Å². The molecule has 1 aliphatic rings. The summed E-state index contributed by atoms with van der Waals surface area (Å²) in [5, 5.41) is 7.60. The van der Waals surface area contributed by atoms with E-state index in [9.17, 15) is 4.79 Å². The SMILES string of the molecule is C=CC(=O)O.c1ccc2c(c1)CCO2. The van der Waals surface area contributed by atoms with Crippen molar-refractivity contribution in [1.29, 1.82) is 0 Å². The Morgan fingerprint density at radius 3 is 2.71 bits per heavy atom. The van der Waals surface area contributed by atoms with Crippen LogP contribution < -0.4 is 4.74 Å². The molecule has 14 heavy (non-hydrogen) atoms. The van der Waals surface area contributed by atoms with Gasteiger partial charge < -0.3 is 9.84 Å². The molecule has 0 saturated carbocycles. The highest BCUT2D eigenvalue weighted by Gasteiger charge is 2.08. The first-order chi connectivity index (χ1) is 6.74. The minimum Gasteiger partial charge on any atom is -0.493 e. The van der Waals surface area contributed by atoms with Crippen molar-refractivity contribution >= 4 is 5.97 Å². The fraction of sp³-hybridized carbons (Fsp3) is 0.182. The first-order valence-corrected chi connectivity index (χ1v) is 4.30. The number of carbonyl (C=O) groups is 1. The molecule has 1 heterocycles. The molecule has 0 atom stereocenters. The van der Waals surface area contributed by atoms with Crippen LogP contribution in [0.25, 0.3) is 0 Å². The summed E-state index contributed by atoms with van der Waals surface area (Å²) in [6, 6.07) is 8.18. The van der Waals surface area contributed by atoms with Crippen molar-refractivity contribution in [2.45, 2.75) is 6.42 Å². The lowest BCUT2D eigenvalue weighted by Crippen LogP contribution is -1.85. The number of fused-ring (bicyclic) bond motifs is 1. The van der Waals surface area contributed by atoms with E-state index in [1.165, 1.54) is 5.56 Å². The number of carboxylic acid groups (broad SMARTS) is 1. The fourth-order valence-electron chi connectivity index (χ4n) is 1.12. The molecule has 74 valence electrons. The second-order valence-corrected chi connectivity index (χ2v) is 2.75. The third-order valence-corrected chi connectivity index (χ3v) is 1.78. The van der Waals surface area contributed by atoms with Gasteiger partial charge in [-0.3, -0.25) is 0 Å². The summed E-state index contributed by atoms with van der Waals surface area (Å²) in [7, 11) is 0. The van der Waals surface area contributed by atoms with E-state index < -0.39 is 5.97 Å². The first kappa shape index (κ1) is 10.3. The van der Waals surface area contributed by atoms with Crippen LogP contribution >= 0.6 is 0 Å². The van der Waals surface area contributed by atoms with Gasteiger partial charge >= 0.3 is 5.97 Å². The number of carboxylic acids is 1. The molecule has 2 rings (SSSR count). The Labute approximate surface area is 82.6 Å². The van der Waals surface area contributed by atoms with Gasteiger partial charge in [0.2, 0.25) is 0 Å². The molecule has 1 aromatic rings. The number of rotatable bonds is 1. The molecule has 0 spiro atoms. The Morgan fingerprint density at radius 1 is 1.50 bits per heavy atom. The molecule has 0 aliphatic carbocycles. The van der Waals surface area contributed by atoms with Gasteiger partial charge in [0.25, 0.3) is 0 Å². The molecule has 0 bridgehead atoms. The van der Waals surface area contributed by atoms with Gasteiger partial charge in [-0.15, -0.1) is 0 Å². The van der Waals surface area contributed by atoms with Crippen molar-refractivity contribution in [1.82, 2.24) is 0 Å². The zero-order valence-corrected chi connectivity index (χ0v) is 7.77. The Balaban J connectivity index is 0.000000171. The molecule has 1 aliphatic heterocycles. The third kappa shape index (κ3) is 2.94. The maximum absolute atomic E-state index is 9.25. The van der Waals surface area contributed by atoms with E-state index >= 15 is 0 Å². The van der Waals surface area contributed by atoms with E-state index in [2.05, 4.69) is 12.6 Å². The lowest BCUT2D eigenvalue weighted by molar-refractivity contribution is -0.131. The van der Waals surface area contributed by atoms with Crippen molar-refractivity contribution in [3.8, 4) is 5.75 Å². The van der Waals surface area contributed by atoms with E-state index in [1.54, 1.807) is 0 Å². The van der Waals surface area contributed by atoms with E-state index in [0.29, 0.717) is 0 Å². The topological polar surface area (TPSA) is 46.5 Å². The zero-order valence-electron chi connectivity index (χ0n) is 7.77. The van der Waals surface area contributed by atoms with Crippen LogP contribution in [0.15, 0.2) is 36.9 Å². The van der Waals surface area contributed by atoms with Crippen LogP contribution in [-0.2, 0) is 11.2 Å². The van der Waals surface area contributed by atoms with Gasteiger partial charge in [-0.2, -0.15) is 0 Å². The van der Waals surface area contributed by atoms with Gasteiger partial charge in [0.05, 0.1) is 6.61 Å². The number of para-hydroxylation sites is 1. The average Bonchev–Trinajstić information content (AvgIpc) is 2.66. The lowest BCUT2D eigenvalue weighted by Gasteiger charge is -1.93. The third-order valence-electron chi connectivity index (χ3n) is 1.78. The highest BCUT2D eigenvalue weighted by atomic mass is 16.5. The molecule has 0 saturated heterocycles. The molecule has 0 amide bonds. The van der Waals surface area contributed by atoms with E-state index in [0.717, 1.165) is 24.9 Å². The smallest absolute Gasteiger partial charge is 0.327 e. The van der Waals surface area contributed by atoms with Crippen molar-refractivity contribution < 1.29 is 14.6 Å². The van der Waals surface area contributed by atoms with Gasteiger partial charge in [-0.05, 0) is 11.6 Å². The Hall–Kier alpha value is -1.77. The van der Waals surface area contributed by atoms with Gasteiger partial charge in [0.15, 0.2) is 0 Å². The summed E-state index contributed by atoms with van der Waals surface area (Å²) in [6.07, 6.45) is 1.91. The Kier molecular flexibility index (Phi) is 3.73. The molecule has 1 aromatic carbocycles. The van der Waals surface area contributed by atoms with Crippen LogP contribution in [0.3, 0.4) is 0 Å². The Morgan fingerprint density at radius 2 is 2.14 bits per heavy atom. The molecule has 0 aromatic heterocycles. The maximum Gasteiger partial charge on any atom is 0.327 e. The number of hydrogen-bond donors (Lipinski definition) is 1. The van der Waals surface area contributed by atoms with Gasteiger partial charge in [0, 0.05) is 12.5 Å². The van der Waals surface area contributed by atoms with Crippen molar-refractivity contribution in [2.75, 3.05) is 6.61 Å². The van der Waals surface area contributed by atoms with Crippen molar-refractivity contribution in [2.24, 2.45) is 0 Å². The summed E-state index contributed by atoms with van der Waals surface area (Å²) >= 11 is 0. The molecule has 3 heteroatoms. The summed E-state index contributed by atoms with van der Waals surface area (Å²) < 4.78 is 5.30. The second kappa shape index (κ2) is 5.07. The monoisotopic (exact) mass is 192 g/mol. The average molecular weight is 192 g/mol. The number of hydrogen-bond acceptors (Lipinski definition) is 2. The molecule has 1 N–H and O–H groups in total. The minimum atomic E-state index is -0.981. The van der Waals surface area contributed by atoms with Gasteiger partial charge in [-0.1, -0.05) is 24.8 Å². The molecular weight excluding hydrogens is 180 g/mol. The number of aliphatic carboxylic acids is 1. The van der Waals surface area contributed by atoms with E-state index in [-0.39, 0.29) is 0 Å².